The summed E-state index contributed by atoms with van der Waals surface area (Å²) in [5, 5.41) is 12.6. The summed E-state index contributed by atoms with van der Waals surface area (Å²) in [6, 6.07) is 5.87. The Morgan fingerprint density at radius 3 is 2.44 bits per heavy atom. The lowest BCUT2D eigenvalue weighted by atomic mass is 10.2. The summed E-state index contributed by atoms with van der Waals surface area (Å²) >= 11 is 1.54. The largest absolute Gasteiger partial charge is 0.490 e. The molecule has 96 valence electrons. The number of fused-ring (bicyclic) bond motifs is 1. The third-order valence-corrected chi connectivity index (χ3v) is 3.42. The van der Waals surface area contributed by atoms with E-state index in [1.807, 2.05) is 32.0 Å². The van der Waals surface area contributed by atoms with Crippen LogP contribution in [0.15, 0.2) is 23.4 Å². The van der Waals surface area contributed by atoms with Crippen molar-refractivity contribution < 1.29 is 14.7 Å². The Hall–Kier alpha value is -1.75. The Morgan fingerprint density at radius 1 is 1.17 bits per heavy atom. The van der Waals surface area contributed by atoms with Crippen LogP contribution in [0.4, 0.5) is 0 Å². The normalized spacial score (nSPS) is 11.2. The first-order chi connectivity index (χ1) is 8.78. The van der Waals surface area contributed by atoms with Crippen molar-refractivity contribution in [2.24, 2.45) is 5.16 Å². The van der Waals surface area contributed by atoms with Crippen molar-refractivity contribution in [3.8, 4) is 11.5 Å². The lowest BCUT2D eigenvalue weighted by molar-refractivity contribution is 0.288. The van der Waals surface area contributed by atoms with Crippen molar-refractivity contribution in [1.29, 1.82) is 0 Å². The maximum Gasteiger partial charge on any atom is 0.162 e. The fourth-order valence-electron chi connectivity index (χ4n) is 1.73. The molecule has 2 aromatic rings. The number of ether oxygens (including phenoxy) is 2. The predicted octanol–water partition coefficient (Wildman–Crippen LogP) is 3.51. The third kappa shape index (κ3) is 2.56. The second-order valence-electron chi connectivity index (χ2n) is 3.60. The monoisotopic (exact) mass is 265 g/mol. The molecule has 0 unspecified atom stereocenters. The zero-order valence-corrected chi connectivity index (χ0v) is 11.2. The Kier molecular flexibility index (Phi) is 4.04. The van der Waals surface area contributed by atoms with Gasteiger partial charge in [0.15, 0.2) is 11.5 Å². The van der Waals surface area contributed by atoms with E-state index in [4.69, 9.17) is 14.7 Å². The average molecular weight is 265 g/mol. The zero-order valence-electron chi connectivity index (χ0n) is 10.3. The van der Waals surface area contributed by atoms with Gasteiger partial charge in [0.2, 0.25) is 0 Å². The zero-order chi connectivity index (χ0) is 13.0. The molecule has 0 saturated carbocycles. The summed E-state index contributed by atoms with van der Waals surface area (Å²) in [5.41, 5.74) is 0. The molecule has 0 aliphatic heterocycles. The van der Waals surface area contributed by atoms with Crippen LogP contribution < -0.4 is 9.47 Å². The van der Waals surface area contributed by atoms with E-state index >= 15 is 0 Å². The summed E-state index contributed by atoms with van der Waals surface area (Å²) in [4.78, 5) is 0.892. The van der Waals surface area contributed by atoms with Gasteiger partial charge in [0.05, 0.1) is 19.4 Å². The summed E-state index contributed by atoms with van der Waals surface area (Å²) < 4.78 is 12.2. The first-order valence-corrected chi connectivity index (χ1v) is 6.60. The molecule has 5 heteroatoms. The number of hydrogen-bond acceptors (Lipinski definition) is 5. The lowest BCUT2D eigenvalue weighted by Gasteiger charge is -2.10. The molecule has 1 aromatic heterocycles. The summed E-state index contributed by atoms with van der Waals surface area (Å²) in [7, 11) is 0. The van der Waals surface area contributed by atoms with Gasteiger partial charge in [-0.3, -0.25) is 0 Å². The van der Waals surface area contributed by atoms with Gasteiger partial charge in [0.1, 0.15) is 0 Å². The lowest BCUT2D eigenvalue weighted by Crippen LogP contribution is -1.97. The van der Waals surface area contributed by atoms with Crippen LogP contribution in [0.3, 0.4) is 0 Å². The van der Waals surface area contributed by atoms with Gasteiger partial charge in [-0.05, 0) is 31.4 Å². The maximum absolute atomic E-state index is 8.55. The molecule has 0 fully saturated rings. The van der Waals surface area contributed by atoms with Gasteiger partial charge in [-0.25, -0.2) is 0 Å². The number of oxime groups is 1. The van der Waals surface area contributed by atoms with Gasteiger partial charge in [-0.15, -0.1) is 11.3 Å². The number of benzene rings is 1. The summed E-state index contributed by atoms with van der Waals surface area (Å²) in [6.07, 6.45) is 1.42. The molecule has 4 nitrogen and oxygen atoms in total. The van der Waals surface area contributed by atoms with Crippen molar-refractivity contribution in [3.05, 3.63) is 23.1 Å². The van der Waals surface area contributed by atoms with Crippen molar-refractivity contribution in [2.45, 2.75) is 13.8 Å². The fourth-order valence-corrected chi connectivity index (χ4v) is 2.67. The molecule has 0 spiro atoms. The highest BCUT2D eigenvalue weighted by molar-refractivity contribution is 7.20. The molecule has 0 amide bonds. The van der Waals surface area contributed by atoms with Crippen molar-refractivity contribution in [3.63, 3.8) is 0 Å². The second-order valence-corrected chi connectivity index (χ2v) is 4.71. The molecule has 0 aliphatic rings. The summed E-state index contributed by atoms with van der Waals surface area (Å²) in [5.74, 6) is 1.50. The minimum absolute atomic E-state index is 0.598. The number of nitrogens with zero attached hydrogens (tertiary/aromatic N) is 1. The molecule has 2 rings (SSSR count). The molecule has 18 heavy (non-hydrogen) atoms. The van der Waals surface area contributed by atoms with Crippen LogP contribution in [-0.4, -0.2) is 24.6 Å². The standard InChI is InChI=1S/C13H15NO3S/c1-3-16-11-6-9-5-10(8-14-15)18-13(9)7-12(11)17-4-2/h5-8,15H,3-4H2,1-2H3. The van der Waals surface area contributed by atoms with E-state index in [0.29, 0.717) is 13.2 Å². The van der Waals surface area contributed by atoms with Crippen LogP contribution in [0.5, 0.6) is 11.5 Å². The molecule has 0 radical (unpaired) electrons. The van der Waals surface area contributed by atoms with E-state index in [-0.39, 0.29) is 0 Å². The van der Waals surface area contributed by atoms with Crippen molar-refractivity contribution >= 4 is 27.6 Å². The number of thiophene rings is 1. The highest BCUT2D eigenvalue weighted by Crippen LogP contribution is 2.36. The smallest absolute Gasteiger partial charge is 0.162 e. The first-order valence-electron chi connectivity index (χ1n) is 5.79. The third-order valence-electron chi connectivity index (χ3n) is 2.39. The van der Waals surface area contributed by atoms with Crippen molar-refractivity contribution in [2.75, 3.05) is 13.2 Å². The predicted molar refractivity (Wildman–Crippen MR) is 73.5 cm³/mol. The highest BCUT2D eigenvalue weighted by Gasteiger charge is 2.09. The Balaban J connectivity index is 2.49. The van der Waals surface area contributed by atoms with E-state index in [9.17, 15) is 0 Å². The molecule has 0 atom stereocenters. The van der Waals surface area contributed by atoms with Gasteiger partial charge in [0.25, 0.3) is 0 Å². The molecule has 1 heterocycles. The van der Waals surface area contributed by atoms with E-state index in [1.165, 1.54) is 6.21 Å². The maximum atomic E-state index is 8.55. The molecule has 1 aromatic carbocycles. The average Bonchev–Trinajstić information content (AvgIpc) is 2.72. The quantitative estimate of drug-likeness (QED) is 0.511. The Bertz CT molecular complexity index is 520. The van der Waals surface area contributed by atoms with E-state index in [0.717, 1.165) is 26.5 Å². The molecular formula is C13H15NO3S. The topological polar surface area (TPSA) is 51.0 Å². The SMILES string of the molecule is CCOc1cc2cc(C=NO)sc2cc1OCC. The number of hydrogen-bond donors (Lipinski definition) is 1. The van der Waals surface area contributed by atoms with Gasteiger partial charge >= 0.3 is 0 Å². The van der Waals surface area contributed by atoms with Crippen molar-refractivity contribution in [1.82, 2.24) is 0 Å². The van der Waals surface area contributed by atoms with E-state index < -0.39 is 0 Å². The first kappa shape index (κ1) is 12.7. The fraction of sp³-hybridized carbons (Fsp3) is 0.308. The van der Waals surface area contributed by atoms with Crippen LogP contribution in [0, 0.1) is 0 Å². The van der Waals surface area contributed by atoms with Gasteiger partial charge < -0.3 is 14.7 Å². The van der Waals surface area contributed by atoms with E-state index in [2.05, 4.69) is 5.16 Å². The van der Waals surface area contributed by atoms with Crippen LogP contribution >= 0.6 is 11.3 Å². The van der Waals surface area contributed by atoms with Gasteiger partial charge in [0, 0.05) is 15.6 Å². The van der Waals surface area contributed by atoms with E-state index in [1.54, 1.807) is 11.3 Å². The minimum atomic E-state index is 0.598. The second kappa shape index (κ2) is 5.73. The number of rotatable bonds is 5. The minimum Gasteiger partial charge on any atom is -0.490 e. The summed E-state index contributed by atoms with van der Waals surface area (Å²) in [6.45, 7) is 5.08. The van der Waals surface area contributed by atoms with Crippen LogP contribution in [-0.2, 0) is 0 Å². The molecular weight excluding hydrogens is 250 g/mol. The molecule has 0 bridgehead atoms. The van der Waals surface area contributed by atoms with Crippen LogP contribution in [0.2, 0.25) is 0 Å². The Morgan fingerprint density at radius 2 is 1.83 bits per heavy atom. The highest BCUT2D eigenvalue weighted by atomic mass is 32.1. The molecule has 0 saturated heterocycles. The Labute approximate surface area is 109 Å². The van der Waals surface area contributed by atoms with Gasteiger partial charge in [-0.2, -0.15) is 0 Å². The van der Waals surface area contributed by atoms with Gasteiger partial charge in [-0.1, -0.05) is 5.16 Å². The molecule has 0 aliphatic carbocycles. The molecule has 1 N–H and O–H groups in total. The van der Waals surface area contributed by atoms with Crippen LogP contribution in [0.1, 0.15) is 18.7 Å². The van der Waals surface area contributed by atoms with Crippen LogP contribution in [0.25, 0.3) is 10.1 Å².